The number of carbonyl (C=O) groups is 2. The number of thioether (sulfide) groups is 1. The van der Waals surface area contributed by atoms with E-state index in [1.54, 1.807) is 34.8 Å². The molecule has 1 aliphatic rings. The van der Waals surface area contributed by atoms with Crippen molar-refractivity contribution in [2.24, 2.45) is 5.92 Å². The fourth-order valence-corrected chi connectivity index (χ4v) is 4.63. The minimum atomic E-state index is -0.458. The van der Waals surface area contributed by atoms with Crippen molar-refractivity contribution in [3.63, 3.8) is 0 Å². The number of aromatic nitrogens is 4. The summed E-state index contributed by atoms with van der Waals surface area (Å²) in [6.07, 6.45) is 1.86. The molecule has 35 heavy (non-hydrogen) atoms. The van der Waals surface area contributed by atoms with Gasteiger partial charge in [-0.25, -0.2) is 19.0 Å². The number of fused-ring (bicyclic) bond motifs is 1. The number of nitrogens with zero attached hydrogens (tertiary/aromatic N) is 5. The standard InChI is InChI=1S/C24H30FN7O2S/c1-14(2)28-21-19-12-27-32(22(19)30-24(29-21)35-15(3)4)10-9-26-23(34)16-11-20(33)31(13-16)18-7-5-17(25)6-8-18/h5-8,12,14-16H,9-11,13H2,1-4H3,(H,26,34)(H,28,29,30). The van der Waals surface area contributed by atoms with Gasteiger partial charge in [0.15, 0.2) is 10.8 Å². The van der Waals surface area contributed by atoms with Gasteiger partial charge in [-0.2, -0.15) is 5.10 Å². The summed E-state index contributed by atoms with van der Waals surface area (Å²) in [6, 6.07) is 5.91. The maximum atomic E-state index is 13.2. The van der Waals surface area contributed by atoms with Gasteiger partial charge in [-0.3, -0.25) is 9.59 Å². The first kappa shape index (κ1) is 24.9. The van der Waals surface area contributed by atoms with Crippen LogP contribution in [0.4, 0.5) is 15.9 Å². The number of hydrogen-bond acceptors (Lipinski definition) is 7. The Balaban J connectivity index is 1.41. The van der Waals surface area contributed by atoms with Crippen LogP contribution in [0.1, 0.15) is 34.1 Å². The lowest BCUT2D eigenvalue weighted by Gasteiger charge is -2.16. The number of amides is 2. The van der Waals surface area contributed by atoms with E-state index in [9.17, 15) is 14.0 Å². The van der Waals surface area contributed by atoms with Crippen molar-refractivity contribution in [2.75, 3.05) is 23.3 Å². The van der Waals surface area contributed by atoms with Crippen molar-refractivity contribution < 1.29 is 14.0 Å². The van der Waals surface area contributed by atoms with E-state index in [0.717, 1.165) is 11.2 Å². The Morgan fingerprint density at radius 3 is 2.63 bits per heavy atom. The Morgan fingerprint density at radius 2 is 1.94 bits per heavy atom. The predicted octanol–water partition coefficient (Wildman–Crippen LogP) is 3.46. The van der Waals surface area contributed by atoms with E-state index in [-0.39, 0.29) is 36.6 Å². The first-order valence-corrected chi connectivity index (χ1v) is 12.6. The molecule has 1 atom stereocenters. The molecular formula is C24H30FN7O2S. The molecule has 1 aromatic carbocycles. The van der Waals surface area contributed by atoms with Crippen LogP contribution in [0, 0.1) is 11.7 Å². The molecule has 3 heterocycles. The summed E-state index contributed by atoms with van der Waals surface area (Å²) in [5, 5.41) is 12.6. The Hall–Kier alpha value is -3.21. The van der Waals surface area contributed by atoms with Gasteiger partial charge >= 0.3 is 0 Å². The molecule has 1 aliphatic heterocycles. The van der Waals surface area contributed by atoms with Gasteiger partial charge in [-0.1, -0.05) is 25.6 Å². The molecule has 11 heteroatoms. The highest BCUT2D eigenvalue weighted by Gasteiger charge is 2.35. The van der Waals surface area contributed by atoms with Crippen molar-refractivity contribution in [3.8, 4) is 0 Å². The zero-order chi connectivity index (χ0) is 25.1. The Labute approximate surface area is 207 Å². The van der Waals surface area contributed by atoms with Crippen LogP contribution in [0.3, 0.4) is 0 Å². The molecule has 1 fully saturated rings. The first-order chi connectivity index (χ1) is 16.7. The molecule has 4 rings (SSSR count). The predicted molar refractivity (Wildman–Crippen MR) is 135 cm³/mol. The van der Waals surface area contributed by atoms with E-state index in [1.165, 1.54) is 17.0 Å². The number of benzene rings is 1. The number of anilines is 2. The van der Waals surface area contributed by atoms with E-state index < -0.39 is 5.92 Å². The number of hydrogen-bond donors (Lipinski definition) is 2. The number of rotatable bonds is 9. The lowest BCUT2D eigenvalue weighted by atomic mass is 10.1. The summed E-state index contributed by atoms with van der Waals surface area (Å²) in [5.74, 6) is -0.416. The van der Waals surface area contributed by atoms with Gasteiger partial charge < -0.3 is 15.5 Å². The average molecular weight is 500 g/mol. The van der Waals surface area contributed by atoms with Crippen LogP contribution in [-0.4, -0.2) is 55.9 Å². The second-order valence-electron chi connectivity index (χ2n) is 9.10. The number of nitrogens with one attached hydrogen (secondary N) is 2. The molecule has 0 bridgehead atoms. The maximum Gasteiger partial charge on any atom is 0.227 e. The van der Waals surface area contributed by atoms with Gasteiger partial charge in [0.25, 0.3) is 0 Å². The molecule has 9 nitrogen and oxygen atoms in total. The van der Waals surface area contributed by atoms with Gasteiger partial charge in [-0.15, -0.1) is 0 Å². The minimum Gasteiger partial charge on any atom is -0.367 e. The molecule has 0 spiro atoms. The lowest BCUT2D eigenvalue weighted by molar-refractivity contribution is -0.126. The summed E-state index contributed by atoms with van der Waals surface area (Å²) >= 11 is 1.58. The van der Waals surface area contributed by atoms with Crippen molar-refractivity contribution in [1.82, 2.24) is 25.1 Å². The summed E-state index contributed by atoms with van der Waals surface area (Å²) in [7, 11) is 0. The van der Waals surface area contributed by atoms with Crippen LogP contribution in [0.2, 0.25) is 0 Å². The highest BCUT2D eigenvalue weighted by Crippen LogP contribution is 2.27. The summed E-state index contributed by atoms with van der Waals surface area (Å²) in [6.45, 7) is 9.33. The third-order valence-corrected chi connectivity index (χ3v) is 6.36. The molecule has 3 aromatic rings. The third-order valence-electron chi connectivity index (χ3n) is 5.50. The highest BCUT2D eigenvalue weighted by molar-refractivity contribution is 7.99. The molecule has 0 radical (unpaired) electrons. The minimum absolute atomic E-state index is 0.126. The molecule has 1 unspecified atom stereocenters. The third kappa shape index (κ3) is 5.90. The number of halogens is 1. The largest absolute Gasteiger partial charge is 0.367 e. The van der Waals surface area contributed by atoms with Gasteiger partial charge in [0.05, 0.1) is 24.0 Å². The van der Waals surface area contributed by atoms with Crippen LogP contribution in [0.5, 0.6) is 0 Å². The SMILES string of the molecule is CC(C)Nc1nc(SC(C)C)nc2c1cnn2CCNC(=O)C1CC(=O)N(c2ccc(F)cc2)C1. The fourth-order valence-electron chi connectivity index (χ4n) is 3.93. The molecule has 2 N–H and O–H groups in total. The van der Waals surface area contributed by atoms with Crippen LogP contribution in [0.25, 0.3) is 11.0 Å². The topological polar surface area (TPSA) is 105 Å². The smallest absolute Gasteiger partial charge is 0.227 e. The lowest BCUT2D eigenvalue weighted by Crippen LogP contribution is -2.35. The fraction of sp³-hybridized carbons (Fsp3) is 0.458. The van der Waals surface area contributed by atoms with Crippen LogP contribution >= 0.6 is 11.8 Å². The van der Waals surface area contributed by atoms with E-state index in [1.807, 2.05) is 13.8 Å². The van der Waals surface area contributed by atoms with E-state index in [4.69, 9.17) is 4.98 Å². The number of carbonyl (C=O) groups excluding carboxylic acids is 2. The van der Waals surface area contributed by atoms with E-state index >= 15 is 0 Å². The van der Waals surface area contributed by atoms with Gasteiger partial charge in [-0.05, 0) is 38.1 Å². The molecule has 186 valence electrons. The monoisotopic (exact) mass is 499 g/mol. The quantitative estimate of drug-likeness (QED) is 0.343. The van der Waals surface area contributed by atoms with Crippen LogP contribution in [0.15, 0.2) is 35.6 Å². The van der Waals surface area contributed by atoms with Crippen molar-refractivity contribution >= 4 is 46.1 Å². The molecule has 2 aromatic heterocycles. The Kier molecular flexibility index (Phi) is 7.54. The van der Waals surface area contributed by atoms with E-state index in [2.05, 4.69) is 34.6 Å². The zero-order valence-electron chi connectivity index (χ0n) is 20.3. The van der Waals surface area contributed by atoms with Crippen molar-refractivity contribution in [1.29, 1.82) is 0 Å². The van der Waals surface area contributed by atoms with Crippen LogP contribution < -0.4 is 15.5 Å². The van der Waals surface area contributed by atoms with Crippen molar-refractivity contribution in [2.45, 2.75) is 57.1 Å². The van der Waals surface area contributed by atoms with Crippen molar-refractivity contribution in [3.05, 3.63) is 36.3 Å². The second-order valence-corrected chi connectivity index (χ2v) is 10.6. The second kappa shape index (κ2) is 10.6. The van der Waals surface area contributed by atoms with Crippen LogP contribution in [-0.2, 0) is 16.1 Å². The van der Waals surface area contributed by atoms with Gasteiger partial charge in [0.2, 0.25) is 11.8 Å². The molecule has 0 saturated carbocycles. The molecule has 0 aliphatic carbocycles. The molecule has 2 amide bonds. The normalized spacial score (nSPS) is 16.0. The summed E-state index contributed by atoms with van der Waals surface area (Å²) < 4.78 is 15.0. The molecular weight excluding hydrogens is 469 g/mol. The van der Waals surface area contributed by atoms with E-state index in [0.29, 0.717) is 34.8 Å². The maximum absolute atomic E-state index is 13.2. The summed E-state index contributed by atoms with van der Waals surface area (Å²) in [5.41, 5.74) is 1.30. The van der Waals surface area contributed by atoms with Gasteiger partial charge in [0, 0.05) is 36.5 Å². The zero-order valence-corrected chi connectivity index (χ0v) is 21.1. The first-order valence-electron chi connectivity index (χ1n) is 11.7. The Bertz CT molecular complexity index is 1210. The highest BCUT2D eigenvalue weighted by atomic mass is 32.2. The average Bonchev–Trinajstić information content (AvgIpc) is 3.37. The Morgan fingerprint density at radius 1 is 1.20 bits per heavy atom. The van der Waals surface area contributed by atoms with Gasteiger partial charge in [0.1, 0.15) is 11.6 Å². The molecule has 1 saturated heterocycles. The summed E-state index contributed by atoms with van der Waals surface area (Å²) in [4.78, 5) is 36.0.